The zero-order valence-corrected chi connectivity index (χ0v) is 16.7. The molecule has 0 aliphatic heterocycles. The first-order valence-corrected chi connectivity index (χ1v) is 10.6. The summed E-state index contributed by atoms with van der Waals surface area (Å²) >= 11 is 6.04. The van der Waals surface area contributed by atoms with E-state index in [2.05, 4.69) is 5.32 Å². The fraction of sp³-hybridized carbons (Fsp3) is 0.316. The standard InChI is InChI=1S/C19H17ClF3NO4S/c1-9(11-4-13(25)5-11)29(27,28)17-6-10(2-3-14(17)20)19(26)24-12-7-15(21)18(23)16(22)8-12/h2-3,6-9,11,13,25H,4-5H2,1H3,(H,24,26)/t9?,11-,13+. The Hall–Kier alpha value is -2.10. The second kappa shape index (κ2) is 7.97. The van der Waals surface area contributed by atoms with Crippen molar-refractivity contribution in [2.75, 3.05) is 5.32 Å². The van der Waals surface area contributed by atoms with Gasteiger partial charge in [-0.15, -0.1) is 0 Å². The Morgan fingerprint density at radius 3 is 2.31 bits per heavy atom. The maximum Gasteiger partial charge on any atom is 0.255 e. The van der Waals surface area contributed by atoms with Crippen LogP contribution in [0.5, 0.6) is 0 Å². The maximum absolute atomic E-state index is 13.3. The molecule has 3 rings (SSSR count). The third-order valence-electron chi connectivity index (χ3n) is 5.04. The van der Waals surface area contributed by atoms with E-state index in [1.165, 1.54) is 19.1 Å². The van der Waals surface area contributed by atoms with Crippen molar-refractivity contribution < 1.29 is 31.5 Å². The summed E-state index contributed by atoms with van der Waals surface area (Å²) in [6.45, 7) is 1.51. The average molecular weight is 448 g/mol. The minimum Gasteiger partial charge on any atom is -0.393 e. The number of benzene rings is 2. The SMILES string of the molecule is CC([C@H]1C[C@@H](O)C1)S(=O)(=O)c1cc(C(=O)Nc2cc(F)c(F)c(F)c2)ccc1Cl. The summed E-state index contributed by atoms with van der Waals surface area (Å²) in [4.78, 5) is 12.2. The smallest absolute Gasteiger partial charge is 0.255 e. The van der Waals surface area contributed by atoms with E-state index in [-0.39, 0.29) is 27.1 Å². The average Bonchev–Trinajstić information content (AvgIpc) is 2.63. The van der Waals surface area contributed by atoms with Gasteiger partial charge in [-0.25, -0.2) is 21.6 Å². The van der Waals surface area contributed by atoms with Crippen LogP contribution in [0.2, 0.25) is 5.02 Å². The van der Waals surface area contributed by atoms with Crippen LogP contribution in [0.4, 0.5) is 18.9 Å². The molecule has 1 atom stereocenters. The number of amides is 1. The van der Waals surface area contributed by atoms with Crippen LogP contribution in [-0.4, -0.2) is 30.8 Å². The highest BCUT2D eigenvalue weighted by atomic mass is 35.5. The molecule has 1 aliphatic rings. The van der Waals surface area contributed by atoms with Gasteiger partial charge in [-0.2, -0.15) is 0 Å². The van der Waals surface area contributed by atoms with Gasteiger partial charge in [-0.1, -0.05) is 11.6 Å². The molecule has 5 nitrogen and oxygen atoms in total. The van der Waals surface area contributed by atoms with Gasteiger partial charge in [-0.3, -0.25) is 4.79 Å². The van der Waals surface area contributed by atoms with Crippen molar-refractivity contribution in [2.24, 2.45) is 5.92 Å². The summed E-state index contributed by atoms with van der Waals surface area (Å²) in [7, 11) is -3.89. The van der Waals surface area contributed by atoms with Crippen LogP contribution in [0.25, 0.3) is 0 Å². The Morgan fingerprint density at radius 2 is 1.76 bits per heavy atom. The Kier molecular flexibility index (Phi) is 5.93. The van der Waals surface area contributed by atoms with Crippen LogP contribution in [0.1, 0.15) is 30.1 Å². The first-order valence-electron chi connectivity index (χ1n) is 8.68. The lowest BCUT2D eigenvalue weighted by Gasteiger charge is -2.35. The first kappa shape index (κ1) is 21.6. The number of sulfone groups is 1. The fourth-order valence-electron chi connectivity index (χ4n) is 3.16. The van der Waals surface area contributed by atoms with Crippen molar-refractivity contribution in [3.63, 3.8) is 0 Å². The number of aliphatic hydroxyl groups is 1. The Bertz CT molecular complexity index is 1050. The van der Waals surface area contributed by atoms with Gasteiger partial charge < -0.3 is 10.4 Å². The van der Waals surface area contributed by atoms with Crippen molar-refractivity contribution in [3.05, 3.63) is 58.4 Å². The lowest BCUT2D eigenvalue weighted by atomic mass is 9.80. The topological polar surface area (TPSA) is 83.5 Å². The number of carbonyl (C=O) groups is 1. The molecule has 1 unspecified atom stereocenters. The molecule has 156 valence electrons. The van der Waals surface area contributed by atoms with E-state index in [0.717, 1.165) is 6.07 Å². The van der Waals surface area contributed by atoms with Gasteiger partial charge in [0.1, 0.15) is 0 Å². The minimum absolute atomic E-state index is 0.0767. The Balaban J connectivity index is 1.87. The van der Waals surface area contributed by atoms with Gasteiger partial charge in [0.05, 0.1) is 21.3 Å². The zero-order chi connectivity index (χ0) is 21.5. The van der Waals surface area contributed by atoms with Crippen LogP contribution < -0.4 is 5.32 Å². The number of nitrogens with one attached hydrogen (secondary N) is 1. The largest absolute Gasteiger partial charge is 0.393 e. The minimum atomic E-state index is -3.89. The summed E-state index contributed by atoms with van der Waals surface area (Å²) in [5, 5.41) is 10.7. The molecule has 0 saturated heterocycles. The maximum atomic E-state index is 13.3. The molecule has 2 N–H and O–H groups in total. The molecular formula is C19H17ClF3NO4S. The third kappa shape index (κ3) is 4.26. The molecule has 10 heteroatoms. The van der Waals surface area contributed by atoms with Crippen molar-refractivity contribution >= 4 is 33.0 Å². The zero-order valence-electron chi connectivity index (χ0n) is 15.1. The summed E-state index contributed by atoms with van der Waals surface area (Å²) in [5.74, 6) is -5.70. The van der Waals surface area contributed by atoms with E-state index < -0.39 is 44.5 Å². The van der Waals surface area contributed by atoms with Crippen LogP contribution in [-0.2, 0) is 9.84 Å². The lowest BCUT2D eigenvalue weighted by molar-refractivity contribution is 0.0428. The molecule has 0 aromatic heterocycles. The molecule has 0 heterocycles. The molecule has 1 saturated carbocycles. The normalized spacial score (nSPS) is 20.1. The summed E-state index contributed by atoms with van der Waals surface area (Å²) in [5.41, 5.74) is -0.443. The number of halogens is 4. The van der Waals surface area contributed by atoms with E-state index in [9.17, 15) is 31.5 Å². The summed E-state index contributed by atoms with van der Waals surface area (Å²) in [6.07, 6.45) is 0.196. The van der Waals surface area contributed by atoms with Crippen molar-refractivity contribution in [1.29, 1.82) is 0 Å². The quantitative estimate of drug-likeness (QED) is 0.680. The van der Waals surface area contributed by atoms with Crippen LogP contribution >= 0.6 is 11.6 Å². The molecule has 1 fully saturated rings. The highest BCUT2D eigenvalue weighted by Crippen LogP contribution is 2.37. The van der Waals surface area contributed by atoms with Crippen LogP contribution in [0, 0.1) is 23.4 Å². The highest BCUT2D eigenvalue weighted by molar-refractivity contribution is 7.92. The molecule has 29 heavy (non-hydrogen) atoms. The number of hydrogen-bond acceptors (Lipinski definition) is 4. The van der Waals surface area contributed by atoms with Crippen molar-refractivity contribution in [2.45, 2.75) is 36.0 Å². The van der Waals surface area contributed by atoms with E-state index in [0.29, 0.717) is 25.0 Å². The van der Waals surface area contributed by atoms with Gasteiger partial charge in [-0.05, 0) is 43.9 Å². The van der Waals surface area contributed by atoms with Gasteiger partial charge >= 0.3 is 0 Å². The van der Waals surface area contributed by atoms with Gasteiger partial charge in [0.2, 0.25) is 0 Å². The van der Waals surface area contributed by atoms with Crippen molar-refractivity contribution in [3.8, 4) is 0 Å². The van der Waals surface area contributed by atoms with Gasteiger partial charge in [0.25, 0.3) is 5.91 Å². The number of anilines is 1. The second-order valence-electron chi connectivity index (χ2n) is 6.99. The summed E-state index contributed by atoms with van der Waals surface area (Å²) in [6, 6.07) is 4.78. The molecule has 2 aromatic rings. The molecule has 1 amide bonds. The number of aliphatic hydroxyl groups excluding tert-OH is 1. The highest BCUT2D eigenvalue weighted by Gasteiger charge is 2.39. The fourth-order valence-corrected chi connectivity index (χ4v) is 5.36. The summed E-state index contributed by atoms with van der Waals surface area (Å²) < 4.78 is 65.5. The predicted molar refractivity (Wildman–Crippen MR) is 101 cm³/mol. The van der Waals surface area contributed by atoms with Gasteiger partial charge in [0, 0.05) is 23.4 Å². The molecule has 2 aromatic carbocycles. The van der Waals surface area contributed by atoms with E-state index >= 15 is 0 Å². The number of hydrogen-bond donors (Lipinski definition) is 2. The Labute approximate surface area is 170 Å². The number of carbonyl (C=O) groups excluding carboxylic acids is 1. The Morgan fingerprint density at radius 1 is 1.17 bits per heavy atom. The van der Waals surface area contributed by atoms with Crippen LogP contribution in [0.15, 0.2) is 35.2 Å². The molecule has 0 spiro atoms. The second-order valence-corrected chi connectivity index (χ2v) is 9.67. The van der Waals surface area contributed by atoms with E-state index in [1.54, 1.807) is 0 Å². The molecular weight excluding hydrogens is 431 g/mol. The molecule has 0 bridgehead atoms. The van der Waals surface area contributed by atoms with E-state index in [4.69, 9.17) is 11.6 Å². The van der Waals surface area contributed by atoms with E-state index in [1.807, 2.05) is 0 Å². The van der Waals surface area contributed by atoms with Crippen LogP contribution in [0.3, 0.4) is 0 Å². The van der Waals surface area contributed by atoms with Gasteiger partial charge in [0.15, 0.2) is 27.3 Å². The predicted octanol–water partition coefficient (Wildman–Crippen LogP) is 3.94. The molecule has 0 radical (unpaired) electrons. The lowest BCUT2D eigenvalue weighted by Crippen LogP contribution is -2.39. The third-order valence-corrected chi connectivity index (χ3v) is 7.80. The molecule has 1 aliphatic carbocycles. The first-order chi connectivity index (χ1) is 13.5. The number of rotatable bonds is 5. The monoisotopic (exact) mass is 447 g/mol. The van der Waals surface area contributed by atoms with Crippen molar-refractivity contribution in [1.82, 2.24) is 0 Å².